The Morgan fingerprint density at radius 1 is 1.18 bits per heavy atom. The predicted molar refractivity (Wildman–Crippen MR) is 93.8 cm³/mol. The van der Waals surface area contributed by atoms with Crippen LogP contribution in [-0.2, 0) is 0 Å². The van der Waals surface area contributed by atoms with Crippen LogP contribution in [0.5, 0.6) is 5.75 Å². The summed E-state index contributed by atoms with van der Waals surface area (Å²) in [4.78, 5) is 13.5. The van der Waals surface area contributed by atoms with Gasteiger partial charge in [-0.3, -0.25) is 4.79 Å². The van der Waals surface area contributed by atoms with E-state index in [1.807, 2.05) is 43.5 Å². The molecule has 0 aliphatic rings. The van der Waals surface area contributed by atoms with Crippen LogP contribution in [0.3, 0.4) is 0 Å². The molecular weight excluding hydrogens is 364 g/mol. The van der Waals surface area contributed by atoms with E-state index in [1.54, 1.807) is 17.8 Å². The lowest BCUT2D eigenvalue weighted by Gasteiger charge is -2.08. The second kappa shape index (κ2) is 5.82. The first-order chi connectivity index (χ1) is 10.5. The van der Waals surface area contributed by atoms with E-state index in [2.05, 4.69) is 15.9 Å². The minimum Gasteiger partial charge on any atom is -0.502 e. The van der Waals surface area contributed by atoms with Crippen LogP contribution in [0.25, 0.3) is 22.3 Å². The van der Waals surface area contributed by atoms with Crippen molar-refractivity contribution in [3.8, 4) is 17.1 Å². The standard InChI is InChI=1S/C17H13BrO3S/c1-9-7-12-14(19)15(20)16(21-17(12)13(18)8-9)10-3-5-11(22-2)6-4-10/h3-8,20H,1-2H3. The number of aromatic hydroxyl groups is 1. The van der Waals surface area contributed by atoms with Gasteiger partial charge >= 0.3 is 0 Å². The summed E-state index contributed by atoms with van der Waals surface area (Å²) in [5, 5.41) is 10.6. The molecule has 0 radical (unpaired) electrons. The molecule has 0 amide bonds. The molecular formula is C17H13BrO3S. The molecule has 0 bridgehead atoms. The Balaban J connectivity index is 2.30. The minimum absolute atomic E-state index is 0.190. The molecule has 0 fully saturated rings. The number of hydrogen-bond donors (Lipinski definition) is 1. The fraction of sp³-hybridized carbons (Fsp3) is 0.118. The topological polar surface area (TPSA) is 50.4 Å². The zero-order valence-corrected chi connectivity index (χ0v) is 14.4. The molecule has 0 unspecified atom stereocenters. The summed E-state index contributed by atoms with van der Waals surface area (Å²) in [6.07, 6.45) is 1.99. The van der Waals surface area contributed by atoms with Crippen LogP contribution >= 0.6 is 27.7 Å². The van der Waals surface area contributed by atoms with Crippen molar-refractivity contribution in [3.05, 3.63) is 56.7 Å². The van der Waals surface area contributed by atoms with Crippen LogP contribution in [0.2, 0.25) is 0 Å². The summed E-state index contributed by atoms with van der Waals surface area (Å²) >= 11 is 5.04. The van der Waals surface area contributed by atoms with Crippen LogP contribution in [0, 0.1) is 6.92 Å². The number of fused-ring (bicyclic) bond motifs is 1. The van der Waals surface area contributed by atoms with Gasteiger partial charge in [-0.1, -0.05) is 0 Å². The molecule has 0 saturated heterocycles. The highest BCUT2D eigenvalue weighted by atomic mass is 79.9. The molecule has 1 heterocycles. The largest absolute Gasteiger partial charge is 0.502 e. The first kappa shape index (κ1) is 15.2. The number of rotatable bonds is 2. The van der Waals surface area contributed by atoms with Gasteiger partial charge < -0.3 is 9.52 Å². The van der Waals surface area contributed by atoms with E-state index in [-0.39, 0.29) is 11.5 Å². The van der Waals surface area contributed by atoms with Crippen molar-refractivity contribution in [2.45, 2.75) is 11.8 Å². The molecule has 112 valence electrons. The minimum atomic E-state index is -0.422. The Hall–Kier alpha value is -1.72. The first-order valence-electron chi connectivity index (χ1n) is 6.61. The van der Waals surface area contributed by atoms with Crippen LogP contribution in [0.15, 0.2) is 55.0 Å². The van der Waals surface area contributed by atoms with E-state index in [4.69, 9.17) is 4.42 Å². The molecule has 22 heavy (non-hydrogen) atoms. The Kier molecular flexibility index (Phi) is 4.02. The molecule has 0 saturated carbocycles. The van der Waals surface area contributed by atoms with E-state index in [0.717, 1.165) is 10.5 Å². The Morgan fingerprint density at radius 3 is 2.50 bits per heavy atom. The Bertz CT molecular complexity index is 914. The first-order valence-corrected chi connectivity index (χ1v) is 8.63. The zero-order valence-electron chi connectivity index (χ0n) is 12.0. The van der Waals surface area contributed by atoms with Gasteiger partial charge in [-0.05, 0) is 71.1 Å². The molecule has 2 aromatic carbocycles. The Labute approximate surface area is 140 Å². The fourth-order valence-corrected chi connectivity index (χ4v) is 3.38. The predicted octanol–water partition coefficient (Wildman–Crippen LogP) is 4.96. The molecule has 0 atom stereocenters. The Morgan fingerprint density at radius 2 is 1.86 bits per heavy atom. The normalized spacial score (nSPS) is 11.0. The quantitative estimate of drug-likeness (QED) is 0.642. The molecule has 0 aliphatic heterocycles. The molecule has 1 aromatic heterocycles. The monoisotopic (exact) mass is 376 g/mol. The van der Waals surface area contributed by atoms with Gasteiger partial charge in [0, 0.05) is 10.5 Å². The average molecular weight is 377 g/mol. The van der Waals surface area contributed by atoms with Crippen LogP contribution in [-0.4, -0.2) is 11.4 Å². The lowest BCUT2D eigenvalue weighted by Crippen LogP contribution is -2.03. The van der Waals surface area contributed by atoms with Gasteiger partial charge in [-0.2, -0.15) is 0 Å². The third-order valence-corrected chi connectivity index (χ3v) is 4.75. The van der Waals surface area contributed by atoms with E-state index >= 15 is 0 Å². The van der Waals surface area contributed by atoms with Gasteiger partial charge in [0.15, 0.2) is 11.3 Å². The number of benzene rings is 2. The maximum absolute atomic E-state index is 12.4. The summed E-state index contributed by atoms with van der Waals surface area (Å²) in [6.45, 7) is 1.88. The summed E-state index contributed by atoms with van der Waals surface area (Å²) in [5.41, 5.74) is 1.61. The van der Waals surface area contributed by atoms with Crippen LogP contribution in [0.4, 0.5) is 0 Å². The molecule has 5 heteroatoms. The summed E-state index contributed by atoms with van der Waals surface area (Å²) in [6, 6.07) is 11.1. The van der Waals surface area contributed by atoms with Crippen LogP contribution in [0.1, 0.15) is 5.56 Å². The number of halogens is 1. The van der Waals surface area contributed by atoms with Crippen molar-refractivity contribution in [3.63, 3.8) is 0 Å². The van der Waals surface area contributed by atoms with Gasteiger partial charge in [0.25, 0.3) is 0 Å². The van der Waals surface area contributed by atoms with E-state index in [9.17, 15) is 9.90 Å². The van der Waals surface area contributed by atoms with Crippen molar-refractivity contribution in [1.82, 2.24) is 0 Å². The highest BCUT2D eigenvalue weighted by molar-refractivity contribution is 9.10. The smallest absolute Gasteiger partial charge is 0.235 e. The van der Waals surface area contributed by atoms with E-state index in [1.165, 1.54) is 0 Å². The lowest BCUT2D eigenvalue weighted by molar-refractivity contribution is 0.449. The molecule has 3 aromatic rings. The van der Waals surface area contributed by atoms with Crippen molar-refractivity contribution >= 4 is 38.7 Å². The number of hydrogen-bond acceptors (Lipinski definition) is 4. The second-order valence-electron chi connectivity index (χ2n) is 4.96. The van der Waals surface area contributed by atoms with Crippen molar-refractivity contribution in [1.29, 1.82) is 0 Å². The van der Waals surface area contributed by atoms with Gasteiger partial charge in [0.2, 0.25) is 11.2 Å². The van der Waals surface area contributed by atoms with Crippen LogP contribution < -0.4 is 5.43 Å². The third-order valence-electron chi connectivity index (χ3n) is 3.42. The van der Waals surface area contributed by atoms with Crippen molar-refractivity contribution in [2.75, 3.05) is 6.26 Å². The molecule has 0 aliphatic carbocycles. The number of thioether (sulfide) groups is 1. The maximum Gasteiger partial charge on any atom is 0.235 e. The fourth-order valence-electron chi connectivity index (χ4n) is 2.32. The SMILES string of the molecule is CSc1ccc(-c2oc3c(Br)cc(C)cc3c(=O)c2O)cc1. The summed E-state index contributed by atoms with van der Waals surface area (Å²) in [7, 11) is 0. The van der Waals surface area contributed by atoms with Gasteiger partial charge in [0.05, 0.1) is 9.86 Å². The molecule has 3 rings (SSSR count). The van der Waals surface area contributed by atoms with E-state index in [0.29, 0.717) is 21.0 Å². The van der Waals surface area contributed by atoms with Gasteiger partial charge in [0.1, 0.15) is 0 Å². The highest BCUT2D eigenvalue weighted by Crippen LogP contribution is 2.34. The maximum atomic E-state index is 12.4. The van der Waals surface area contributed by atoms with Gasteiger partial charge in [-0.25, -0.2) is 0 Å². The third kappa shape index (κ3) is 2.55. The lowest BCUT2D eigenvalue weighted by atomic mass is 10.1. The highest BCUT2D eigenvalue weighted by Gasteiger charge is 2.17. The summed E-state index contributed by atoms with van der Waals surface area (Å²) < 4.78 is 6.51. The average Bonchev–Trinajstić information content (AvgIpc) is 2.51. The second-order valence-corrected chi connectivity index (χ2v) is 6.69. The molecule has 0 spiro atoms. The zero-order chi connectivity index (χ0) is 15.9. The summed E-state index contributed by atoms with van der Waals surface area (Å²) in [5.74, 6) is -0.170. The van der Waals surface area contributed by atoms with Crippen molar-refractivity contribution < 1.29 is 9.52 Å². The van der Waals surface area contributed by atoms with E-state index < -0.39 is 5.43 Å². The van der Waals surface area contributed by atoms with Gasteiger partial charge in [-0.15, -0.1) is 11.8 Å². The molecule has 3 nitrogen and oxygen atoms in total. The van der Waals surface area contributed by atoms with Crippen molar-refractivity contribution in [2.24, 2.45) is 0 Å². The number of aryl methyl sites for hydroxylation is 1. The molecule has 1 N–H and O–H groups in total.